The number of ether oxygens (including phenoxy) is 1. The van der Waals surface area contributed by atoms with Crippen LogP contribution < -0.4 is 11.2 Å². The number of nitrogens with one attached hydrogen (secondary N) is 1. The van der Waals surface area contributed by atoms with E-state index in [2.05, 4.69) is 4.98 Å². The largest absolute Gasteiger partial charge is 0.394 e. The van der Waals surface area contributed by atoms with Gasteiger partial charge in [0.2, 0.25) is 0 Å². The maximum Gasteiger partial charge on any atom is 0.330 e. The van der Waals surface area contributed by atoms with Gasteiger partial charge in [0, 0.05) is 17.7 Å². The lowest BCUT2D eigenvalue weighted by atomic mass is 9.86. The molecular weight excluding hydrogens is 388 g/mol. The van der Waals surface area contributed by atoms with Gasteiger partial charge in [0.1, 0.15) is 18.3 Å². The van der Waals surface area contributed by atoms with Gasteiger partial charge in [-0.05, 0) is 11.1 Å². The normalized spacial score (nSPS) is 23.7. The number of aliphatic hydroxyl groups excluding tert-OH is 3. The first-order chi connectivity index (χ1) is 14.5. The monoisotopic (exact) mass is 410 g/mol. The highest BCUT2D eigenvalue weighted by molar-refractivity contribution is 5.41. The van der Waals surface area contributed by atoms with Crippen molar-refractivity contribution in [1.82, 2.24) is 9.55 Å². The summed E-state index contributed by atoms with van der Waals surface area (Å²) in [5, 5.41) is 29.7. The molecule has 4 atom stereocenters. The van der Waals surface area contributed by atoms with Crippen molar-refractivity contribution in [2.24, 2.45) is 0 Å². The van der Waals surface area contributed by atoms with E-state index < -0.39 is 48.3 Å². The molecule has 1 aliphatic heterocycles. The van der Waals surface area contributed by atoms with Gasteiger partial charge in [0.15, 0.2) is 6.23 Å². The molecule has 1 fully saturated rings. The Morgan fingerprint density at radius 3 is 2.00 bits per heavy atom. The van der Waals surface area contributed by atoms with E-state index >= 15 is 0 Å². The van der Waals surface area contributed by atoms with Gasteiger partial charge in [0.25, 0.3) is 5.56 Å². The van der Waals surface area contributed by atoms with Crippen molar-refractivity contribution in [3.8, 4) is 0 Å². The molecule has 3 aromatic rings. The van der Waals surface area contributed by atoms with Gasteiger partial charge in [-0.15, -0.1) is 0 Å². The smallest absolute Gasteiger partial charge is 0.330 e. The minimum Gasteiger partial charge on any atom is -0.394 e. The van der Waals surface area contributed by atoms with Gasteiger partial charge in [-0.25, -0.2) is 4.79 Å². The second kappa shape index (κ2) is 8.37. The van der Waals surface area contributed by atoms with Crippen LogP contribution in [0.2, 0.25) is 0 Å². The molecule has 2 aromatic carbocycles. The van der Waals surface area contributed by atoms with Crippen LogP contribution in [-0.2, 0) is 4.74 Å². The first-order valence-corrected chi connectivity index (χ1v) is 9.59. The molecule has 2 heterocycles. The van der Waals surface area contributed by atoms with Crippen molar-refractivity contribution < 1.29 is 20.1 Å². The van der Waals surface area contributed by atoms with Crippen LogP contribution in [0.15, 0.2) is 76.4 Å². The Labute approximate surface area is 171 Å². The number of nitrogens with zero attached hydrogens (tertiary/aromatic N) is 1. The third-order valence-electron chi connectivity index (χ3n) is 5.36. The summed E-state index contributed by atoms with van der Waals surface area (Å²) in [6, 6.07) is 18.7. The second-order valence-electron chi connectivity index (χ2n) is 7.23. The predicted octanol–water partition coefficient (Wildman–Crippen LogP) is 0.328. The lowest BCUT2D eigenvalue weighted by Gasteiger charge is -2.22. The predicted molar refractivity (Wildman–Crippen MR) is 108 cm³/mol. The molecule has 0 amide bonds. The molecule has 1 aromatic heterocycles. The number of H-pyrrole nitrogens is 1. The number of aromatic amines is 1. The Hall–Kier alpha value is -3.04. The Balaban J connectivity index is 1.86. The van der Waals surface area contributed by atoms with Crippen LogP contribution in [0.3, 0.4) is 0 Å². The van der Waals surface area contributed by atoms with E-state index in [9.17, 15) is 24.9 Å². The zero-order chi connectivity index (χ0) is 21.3. The minimum absolute atomic E-state index is 0.282. The van der Waals surface area contributed by atoms with E-state index in [0.717, 1.165) is 15.7 Å². The fraction of sp³-hybridized carbons (Fsp3) is 0.273. The van der Waals surface area contributed by atoms with E-state index in [0.29, 0.717) is 0 Å². The van der Waals surface area contributed by atoms with E-state index in [-0.39, 0.29) is 5.56 Å². The van der Waals surface area contributed by atoms with Crippen LogP contribution in [0.1, 0.15) is 28.8 Å². The first kappa shape index (κ1) is 20.2. The van der Waals surface area contributed by atoms with E-state index in [1.807, 2.05) is 60.7 Å². The molecule has 4 rings (SSSR count). The summed E-state index contributed by atoms with van der Waals surface area (Å²) >= 11 is 0. The average molecular weight is 410 g/mol. The van der Waals surface area contributed by atoms with E-state index in [1.54, 1.807) is 0 Å². The summed E-state index contributed by atoms with van der Waals surface area (Å²) in [7, 11) is 0. The van der Waals surface area contributed by atoms with Gasteiger partial charge in [0.05, 0.1) is 6.61 Å². The Bertz CT molecular complexity index is 1070. The molecule has 1 aliphatic rings. The number of hydrogen-bond acceptors (Lipinski definition) is 6. The second-order valence-corrected chi connectivity index (χ2v) is 7.23. The summed E-state index contributed by atoms with van der Waals surface area (Å²) in [6.07, 6.45) is -3.72. The first-order valence-electron chi connectivity index (χ1n) is 9.59. The Morgan fingerprint density at radius 1 is 0.933 bits per heavy atom. The fourth-order valence-electron chi connectivity index (χ4n) is 3.85. The molecule has 2 unspecified atom stereocenters. The lowest BCUT2D eigenvalue weighted by molar-refractivity contribution is -0.0551. The molecule has 30 heavy (non-hydrogen) atoms. The third-order valence-corrected chi connectivity index (χ3v) is 5.36. The van der Waals surface area contributed by atoms with E-state index in [1.165, 1.54) is 6.20 Å². The molecule has 0 aliphatic carbocycles. The molecule has 0 bridgehead atoms. The molecule has 156 valence electrons. The van der Waals surface area contributed by atoms with E-state index in [4.69, 9.17) is 4.74 Å². The molecular formula is C22H22N2O6. The van der Waals surface area contributed by atoms with Gasteiger partial charge in [-0.1, -0.05) is 60.7 Å². The highest BCUT2D eigenvalue weighted by Gasteiger charge is 2.44. The lowest BCUT2D eigenvalue weighted by Crippen LogP contribution is -2.39. The number of rotatable bonds is 5. The van der Waals surface area contributed by atoms with Crippen LogP contribution in [-0.4, -0.2) is 49.8 Å². The third kappa shape index (κ3) is 3.61. The van der Waals surface area contributed by atoms with Gasteiger partial charge < -0.3 is 20.1 Å². The molecule has 0 radical (unpaired) electrons. The molecule has 8 heteroatoms. The number of aliphatic hydroxyl groups is 3. The highest BCUT2D eigenvalue weighted by Crippen LogP contribution is 2.32. The summed E-state index contributed by atoms with van der Waals surface area (Å²) in [4.78, 5) is 27.6. The standard InChI is InChI=1S/C22H22N2O6/c25-12-16-18(26)19(27)21(30-16)24-11-15(20(28)23-22(24)29)17(13-7-3-1-4-8-13)14-9-5-2-6-10-14/h1-11,16-19,21,25-27H,12H2,(H,23,28,29)/t16-,18?,19?,21-/m0/s1. The summed E-state index contributed by atoms with van der Waals surface area (Å²) in [5.74, 6) is -0.472. The van der Waals surface area contributed by atoms with Gasteiger partial charge in [-0.2, -0.15) is 0 Å². The Kier molecular flexibility index (Phi) is 5.65. The SMILES string of the molecule is O=c1[nH]c(=O)n([C@H]2O[C@@H](CO)C(O)C2O)cc1C(c1ccccc1)c1ccccc1. The molecule has 0 spiro atoms. The Morgan fingerprint density at radius 2 is 1.50 bits per heavy atom. The van der Waals surface area contributed by atoms with Crippen LogP contribution in [0.5, 0.6) is 0 Å². The van der Waals surface area contributed by atoms with Crippen LogP contribution in [0.25, 0.3) is 0 Å². The number of hydrogen-bond donors (Lipinski definition) is 4. The minimum atomic E-state index is -1.44. The summed E-state index contributed by atoms with van der Waals surface area (Å²) in [6.45, 7) is -0.518. The van der Waals surface area contributed by atoms with Crippen LogP contribution in [0.4, 0.5) is 0 Å². The zero-order valence-corrected chi connectivity index (χ0v) is 16.0. The number of benzene rings is 2. The van der Waals surface area contributed by atoms with Crippen molar-refractivity contribution in [3.05, 3.63) is 104 Å². The van der Waals surface area contributed by atoms with Crippen LogP contribution >= 0.6 is 0 Å². The fourth-order valence-corrected chi connectivity index (χ4v) is 3.85. The van der Waals surface area contributed by atoms with Gasteiger partial charge >= 0.3 is 5.69 Å². The molecule has 4 N–H and O–H groups in total. The zero-order valence-electron chi connectivity index (χ0n) is 16.0. The molecule has 1 saturated heterocycles. The summed E-state index contributed by atoms with van der Waals surface area (Å²) < 4.78 is 6.53. The average Bonchev–Trinajstić information content (AvgIpc) is 3.05. The highest BCUT2D eigenvalue weighted by atomic mass is 16.6. The van der Waals surface area contributed by atoms with Crippen molar-refractivity contribution in [3.63, 3.8) is 0 Å². The van der Waals surface area contributed by atoms with Crippen molar-refractivity contribution >= 4 is 0 Å². The topological polar surface area (TPSA) is 125 Å². The maximum absolute atomic E-state index is 12.8. The molecule has 8 nitrogen and oxygen atoms in total. The summed E-state index contributed by atoms with van der Waals surface area (Å²) in [5.41, 5.74) is 0.644. The molecule has 0 saturated carbocycles. The van der Waals surface area contributed by atoms with Gasteiger partial charge in [-0.3, -0.25) is 14.3 Å². The van der Waals surface area contributed by atoms with Crippen LogP contribution in [0, 0.1) is 0 Å². The quantitative estimate of drug-likeness (QED) is 0.480. The van der Waals surface area contributed by atoms with Crippen molar-refractivity contribution in [2.45, 2.75) is 30.5 Å². The number of aromatic nitrogens is 2. The van der Waals surface area contributed by atoms with Crippen molar-refractivity contribution in [2.75, 3.05) is 6.61 Å². The maximum atomic E-state index is 12.8. The van der Waals surface area contributed by atoms with Crippen molar-refractivity contribution in [1.29, 1.82) is 0 Å².